The molecular weight excluding hydrogens is 465 g/mol. The van der Waals surface area contributed by atoms with Crippen LogP contribution in [-0.2, 0) is 16.1 Å². The van der Waals surface area contributed by atoms with Gasteiger partial charge in [-0.15, -0.1) is 0 Å². The molecule has 7 nitrogen and oxygen atoms in total. The number of amides is 2. The number of ether oxygens (including phenoxy) is 1. The van der Waals surface area contributed by atoms with Crippen molar-refractivity contribution in [2.24, 2.45) is 5.92 Å². The van der Waals surface area contributed by atoms with E-state index in [1.54, 1.807) is 23.1 Å². The normalized spacial score (nSPS) is 16.9. The van der Waals surface area contributed by atoms with Gasteiger partial charge in [-0.25, -0.2) is 9.78 Å². The SMILES string of the molecule is COC(=O)c1ccc(NC(=O)[C@H](CC2CCCCC2)N2Cc3cc(Cl)c(Cl)cc3C2=O)nc1. The molecule has 4 rings (SSSR count). The largest absolute Gasteiger partial charge is 0.465 e. The Kier molecular flexibility index (Phi) is 7.20. The van der Waals surface area contributed by atoms with Gasteiger partial charge in [-0.1, -0.05) is 55.3 Å². The van der Waals surface area contributed by atoms with Gasteiger partial charge in [0.05, 0.1) is 22.7 Å². The van der Waals surface area contributed by atoms with Crippen LogP contribution in [0.15, 0.2) is 30.5 Å². The van der Waals surface area contributed by atoms with E-state index in [0.29, 0.717) is 40.3 Å². The van der Waals surface area contributed by atoms with Gasteiger partial charge in [0.2, 0.25) is 5.91 Å². The minimum Gasteiger partial charge on any atom is -0.465 e. The first-order valence-corrected chi connectivity index (χ1v) is 11.8. The van der Waals surface area contributed by atoms with Crippen molar-refractivity contribution in [2.45, 2.75) is 51.1 Å². The van der Waals surface area contributed by atoms with Crippen molar-refractivity contribution in [1.82, 2.24) is 9.88 Å². The number of nitrogens with zero attached hydrogens (tertiary/aromatic N) is 2. The zero-order chi connectivity index (χ0) is 23.5. The number of fused-ring (bicyclic) bond motifs is 1. The number of rotatable bonds is 6. The Bertz CT molecular complexity index is 1070. The van der Waals surface area contributed by atoms with Gasteiger partial charge in [-0.05, 0) is 42.2 Å². The van der Waals surface area contributed by atoms with E-state index in [0.717, 1.165) is 31.2 Å². The third kappa shape index (κ3) is 5.14. The van der Waals surface area contributed by atoms with Crippen LogP contribution >= 0.6 is 23.2 Å². The van der Waals surface area contributed by atoms with E-state index in [-0.39, 0.29) is 17.4 Å². The smallest absolute Gasteiger partial charge is 0.339 e. The van der Waals surface area contributed by atoms with Crippen molar-refractivity contribution >= 4 is 46.8 Å². The Labute approximate surface area is 202 Å². The molecule has 1 aliphatic carbocycles. The third-order valence-corrected chi connectivity index (χ3v) is 7.10. The molecule has 1 aromatic heterocycles. The second kappa shape index (κ2) is 10.1. The molecule has 0 spiro atoms. The first-order chi connectivity index (χ1) is 15.9. The summed E-state index contributed by atoms with van der Waals surface area (Å²) in [6, 6.07) is 5.69. The highest BCUT2D eigenvalue weighted by molar-refractivity contribution is 6.42. The molecule has 1 saturated carbocycles. The standard InChI is InChI=1S/C24H25Cl2N3O4/c1-33-24(32)15-7-8-21(27-12-15)28-22(30)20(9-14-5-3-2-4-6-14)29-13-16-10-18(25)19(26)11-17(16)23(29)31/h7-8,10-12,14,20H,2-6,9,13H2,1H3,(H,27,28,30)/t20-/m0/s1. The molecule has 1 aliphatic heterocycles. The fourth-order valence-corrected chi connectivity index (χ4v) is 4.96. The molecule has 0 bridgehead atoms. The fourth-order valence-electron chi connectivity index (χ4n) is 4.61. The predicted molar refractivity (Wildman–Crippen MR) is 126 cm³/mol. The monoisotopic (exact) mass is 489 g/mol. The minimum atomic E-state index is -0.660. The second-order valence-corrected chi connectivity index (χ2v) is 9.34. The van der Waals surface area contributed by atoms with Crippen LogP contribution < -0.4 is 5.32 Å². The number of anilines is 1. The summed E-state index contributed by atoms with van der Waals surface area (Å²) in [6.45, 7) is 0.296. The quantitative estimate of drug-likeness (QED) is 0.569. The molecular formula is C24H25Cl2N3O4. The van der Waals surface area contributed by atoms with E-state index in [2.05, 4.69) is 15.0 Å². The van der Waals surface area contributed by atoms with Crippen LogP contribution in [0.25, 0.3) is 0 Å². The van der Waals surface area contributed by atoms with E-state index < -0.39 is 12.0 Å². The molecule has 2 aliphatic rings. The summed E-state index contributed by atoms with van der Waals surface area (Å²) in [5.74, 6) is -0.372. The predicted octanol–water partition coefficient (Wildman–Crippen LogP) is 5.11. The van der Waals surface area contributed by atoms with Crippen LogP contribution in [0.5, 0.6) is 0 Å². The van der Waals surface area contributed by atoms with Crippen LogP contribution in [0.3, 0.4) is 0 Å². The lowest BCUT2D eigenvalue weighted by molar-refractivity contribution is -0.121. The van der Waals surface area contributed by atoms with Crippen LogP contribution in [0, 0.1) is 5.92 Å². The number of pyridine rings is 1. The Hall–Kier alpha value is -2.64. The van der Waals surface area contributed by atoms with Crippen LogP contribution in [-0.4, -0.2) is 40.8 Å². The van der Waals surface area contributed by atoms with Crippen LogP contribution in [0.4, 0.5) is 5.82 Å². The number of methoxy groups -OCH3 is 1. The third-order valence-electron chi connectivity index (χ3n) is 6.37. The molecule has 0 unspecified atom stereocenters. The Morgan fingerprint density at radius 1 is 1.18 bits per heavy atom. The Balaban J connectivity index is 1.56. The van der Waals surface area contributed by atoms with E-state index in [1.165, 1.54) is 25.8 Å². The number of aromatic nitrogens is 1. The number of nitrogens with one attached hydrogen (secondary N) is 1. The van der Waals surface area contributed by atoms with Gasteiger partial charge >= 0.3 is 5.97 Å². The van der Waals surface area contributed by atoms with E-state index in [1.807, 2.05) is 0 Å². The lowest BCUT2D eigenvalue weighted by atomic mass is 9.84. The number of carbonyl (C=O) groups is 3. The highest BCUT2D eigenvalue weighted by Gasteiger charge is 2.38. The molecule has 1 atom stereocenters. The van der Waals surface area contributed by atoms with Gasteiger partial charge in [0.25, 0.3) is 5.91 Å². The first-order valence-electron chi connectivity index (χ1n) is 11.0. The highest BCUT2D eigenvalue weighted by atomic mass is 35.5. The molecule has 2 heterocycles. The van der Waals surface area contributed by atoms with Gasteiger partial charge in [-0.3, -0.25) is 9.59 Å². The second-order valence-electron chi connectivity index (χ2n) is 8.53. The summed E-state index contributed by atoms with van der Waals surface area (Å²) < 4.78 is 4.68. The zero-order valence-corrected chi connectivity index (χ0v) is 19.8. The molecule has 174 valence electrons. The van der Waals surface area contributed by atoms with Gasteiger partial charge in [-0.2, -0.15) is 0 Å². The van der Waals surface area contributed by atoms with Crippen molar-refractivity contribution in [3.8, 4) is 0 Å². The van der Waals surface area contributed by atoms with Gasteiger partial charge in [0.15, 0.2) is 0 Å². The van der Waals surface area contributed by atoms with Crippen LogP contribution in [0.1, 0.15) is 64.8 Å². The van der Waals surface area contributed by atoms with E-state index >= 15 is 0 Å². The summed E-state index contributed by atoms with van der Waals surface area (Å²) >= 11 is 12.3. The number of benzene rings is 1. The van der Waals surface area contributed by atoms with E-state index in [9.17, 15) is 14.4 Å². The van der Waals surface area contributed by atoms with Crippen LogP contribution in [0.2, 0.25) is 10.0 Å². The maximum atomic E-state index is 13.4. The average molecular weight is 490 g/mol. The Morgan fingerprint density at radius 2 is 1.91 bits per heavy atom. The number of esters is 1. The van der Waals surface area contributed by atoms with Crippen molar-refractivity contribution < 1.29 is 19.1 Å². The number of hydrogen-bond donors (Lipinski definition) is 1. The summed E-state index contributed by atoms with van der Waals surface area (Å²) in [4.78, 5) is 44.0. The summed E-state index contributed by atoms with van der Waals surface area (Å²) in [5.41, 5.74) is 1.52. The number of carbonyl (C=O) groups excluding carboxylic acids is 3. The fraction of sp³-hybridized carbons (Fsp3) is 0.417. The molecule has 33 heavy (non-hydrogen) atoms. The number of halogens is 2. The minimum absolute atomic E-state index is 0.228. The van der Waals surface area contributed by atoms with E-state index in [4.69, 9.17) is 23.2 Å². The average Bonchev–Trinajstić information content (AvgIpc) is 3.13. The lowest BCUT2D eigenvalue weighted by Crippen LogP contribution is -2.45. The molecule has 1 fully saturated rings. The first kappa shape index (κ1) is 23.5. The Morgan fingerprint density at radius 3 is 2.58 bits per heavy atom. The number of hydrogen-bond acceptors (Lipinski definition) is 5. The van der Waals surface area contributed by atoms with Crippen molar-refractivity contribution in [3.05, 3.63) is 57.2 Å². The highest BCUT2D eigenvalue weighted by Crippen LogP contribution is 2.35. The topological polar surface area (TPSA) is 88.6 Å². The molecule has 1 aromatic carbocycles. The molecule has 0 radical (unpaired) electrons. The molecule has 2 amide bonds. The molecule has 0 saturated heterocycles. The van der Waals surface area contributed by atoms with Crippen molar-refractivity contribution in [1.29, 1.82) is 0 Å². The summed E-state index contributed by atoms with van der Waals surface area (Å²) in [6.07, 6.45) is 7.48. The molecule has 1 N–H and O–H groups in total. The molecule has 9 heteroatoms. The van der Waals surface area contributed by atoms with Gasteiger partial charge < -0.3 is 15.0 Å². The summed E-state index contributed by atoms with van der Waals surface area (Å²) in [5, 5.41) is 3.51. The lowest BCUT2D eigenvalue weighted by Gasteiger charge is -2.31. The zero-order valence-electron chi connectivity index (χ0n) is 18.3. The molecule has 2 aromatic rings. The summed E-state index contributed by atoms with van der Waals surface area (Å²) in [7, 11) is 1.29. The van der Waals surface area contributed by atoms with Crippen molar-refractivity contribution in [2.75, 3.05) is 12.4 Å². The van der Waals surface area contributed by atoms with Gasteiger partial charge in [0.1, 0.15) is 11.9 Å². The maximum Gasteiger partial charge on any atom is 0.339 e. The van der Waals surface area contributed by atoms with Gasteiger partial charge in [0, 0.05) is 18.3 Å². The van der Waals surface area contributed by atoms with Crippen molar-refractivity contribution in [3.63, 3.8) is 0 Å². The maximum absolute atomic E-state index is 13.4.